The lowest BCUT2D eigenvalue weighted by molar-refractivity contribution is -0.159. The molecule has 2 N–H and O–H groups in total. The Morgan fingerprint density at radius 1 is 1.15 bits per heavy atom. The van der Waals surface area contributed by atoms with Gasteiger partial charge in [-0.15, -0.1) is 0 Å². The summed E-state index contributed by atoms with van der Waals surface area (Å²) in [7, 11) is 0. The molecule has 1 aliphatic heterocycles. The van der Waals surface area contributed by atoms with Crippen molar-refractivity contribution in [3.05, 3.63) is 41.2 Å². The van der Waals surface area contributed by atoms with Crippen LogP contribution in [0.25, 0.3) is 4.85 Å². The molecule has 0 aromatic heterocycles. The zero-order chi connectivity index (χ0) is 19.5. The normalized spacial score (nSPS) is 19.7. The molecule has 1 aromatic carbocycles. The van der Waals surface area contributed by atoms with Crippen molar-refractivity contribution in [3.8, 4) is 0 Å². The fourth-order valence-corrected chi connectivity index (χ4v) is 3.02. The molecule has 26 heavy (non-hydrogen) atoms. The number of likely N-dealkylation sites (tertiary alicyclic amines) is 1. The molecule has 0 spiro atoms. The average molecular weight is 362 g/mol. The predicted octanol–water partition coefficient (Wildman–Crippen LogP) is 2.89. The zero-order valence-electron chi connectivity index (χ0n) is 15.2. The Kier molecular flexibility index (Phi) is 9.34. The van der Waals surface area contributed by atoms with Crippen LogP contribution in [0.1, 0.15) is 25.8 Å². The maximum Gasteiger partial charge on any atom is 0.414 e. The second kappa shape index (κ2) is 11.2. The molecule has 0 saturated carbocycles. The molecule has 7 heteroatoms. The largest absolute Gasteiger partial charge is 0.473 e. The van der Waals surface area contributed by atoms with Gasteiger partial charge in [0.15, 0.2) is 5.69 Å². The summed E-state index contributed by atoms with van der Waals surface area (Å²) in [5, 5.41) is 14.8. The van der Waals surface area contributed by atoms with E-state index in [4.69, 9.17) is 31.1 Å². The Morgan fingerprint density at radius 3 is 2.15 bits per heavy atom. The van der Waals surface area contributed by atoms with Crippen LogP contribution in [0.5, 0.6) is 0 Å². The maximum atomic E-state index is 9.10. The summed E-state index contributed by atoms with van der Waals surface area (Å²) in [6.45, 7) is 16.4. The van der Waals surface area contributed by atoms with Gasteiger partial charge in [0.1, 0.15) is 0 Å². The molecule has 2 atom stereocenters. The number of ether oxygens (including phenoxy) is 1. The first-order valence-electron chi connectivity index (χ1n) is 8.54. The molecule has 2 unspecified atom stereocenters. The van der Waals surface area contributed by atoms with E-state index in [9.17, 15) is 0 Å². The fraction of sp³-hybridized carbons (Fsp3) is 0.526. The van der Waals surface area contributed by atoms with Crippen molar-refractivity contribution in [1.82, 2.24) is 4.90 Å². The van der Waals surface area contributed by atoms with Crippen LogP contribution in [0.3, 0.4) is 0 Å². The third-order valence-corrected chi connectivity index (χ3v) is 4.01. The number of carbonyl (C=O) groups is 2. The van der Waals surface area contributed by atoms with Crippen molar-refractivity contribution < 1.29 is 24.5 Å². The highest BCUT2D eigenvalue weighted by Crippen LogP contribution is 2.20. The van der Waals surface area contributed by atoms with E-state index in [0.717, 1.165) is 30.6 Å². The van der Waals surface area contributed by atoms with E-state index >= 15 is 0 Å². The van der Waals surface area contributed by atoms with Crippen molar-refractivity contribution in [2.24, 2.45) is 11.8 Å². The highest BCUT2D eigenvalue weighted by atomic mass is 16.5. The van der Waals surface area contributed by atoms with Crippen LogP contribution in [0.15, 0.2) is 24.3 Å². The summed E-state index contributed by atoms with van der Waals surface area (Å²) in [4.78, 5) is 24.1. The van der Waals surface area contributed by atoms with Gasteiger partial charge in [-0.2, -0.15) is 0 Å². The lowest BCUT2D eigenvalue weighted by Crippen LogP contribution is -2.40. The summed E-state index contributed by atoms with van der Waals surface area (Å²) in [6.07, 6.45) is 1.35. The fourth-order valence-electron chi connectivity index (χ4n) is 3.02. The number of carboxylic acids is 2. The first-order chi connectivity index (χ1) is 12.3. The van der Waals surface area contributed by atoms with E-state index in [1.807, 2.05) is 24.3 Å². The molecule has 7 nitrogen and oxygen atoms in total. The SMILES string of the molecule is O=C(O)C(=O)O.[C-]#[N+]c1ccc(COCCN2CC(C)CC(C)C2)cc1. The predicted molar refractivity (Wildman–Crippen MR) is 97.0 cm³/mol. The quantitative estimate of drug-likeness (QED) is 0.475. The second-order valence-electron chi connectivity index (χ2n) is 6.65. The van der Waals surface area contributed by atoms with Gasteiger partial charge in [0, 0.05) is 19.6 Å². The number of benzene rings is 1. The van der Waals surface area contributed by atoms with Crippen molar-refractivity contribution in [3.63, 3.8) is 0 Å². The van der Waals surface area contributed by atoms with Crippen LogP contribution in [0, 0.1) is 18.4 Å². The maximum absolute atomic E-state index is 9.10. The molecule has 1 aliphatic rings. The van der Waals surface area contributed by atoms with E-state index in [1.165, 1.54) is 19.5 Å². The second-order valence-corrected chi connectivity index (χ2v) is 6.65. The minimum atomic E-state index is -1.82. The number of carboxylic acid groups (broad SMARTS) is 2. The van der Waals surface area contributed by atoms with Crippen LogP contribution in [-0.2, 0) is 20.9 Å². The first-order valence-corrected chi connectivity index (χ1v) is 8.54. The van der Waals surface area contributed by atoms with Gasteiger partial charge in [0.2, 0.25) is 0 Å². The molecule has 0 bridgehead atoms. The zero-order valence-corrected chi connectivity index (χ0v) is 15.2. The number of hydrogen-bond acceptors (Lipinski definition) is 4. The summed E-state index contributed by atoms with van der Waals surface area (Å²) in [5.41, 5.74) is 1.82. The molecule has 1 heterocycles. The van der Waals surface area contributed by atoms with Crippen molar-refractivity contribution in [1.29, 1.82) is 0 Å². The Balaban J connectivity index is 0.000000487. The lowest BCUT2D eigenvalue weighted by Gasteiger charge is -2.34. The van der Waals surface area contributed by atoms with Crippen LogP contribution in [-0.4, -0.2) is 53.3 Å². The molecular weight excluding hydrogens is 336 g/mol. The lowest BCUT2D eigenvalue weighted by atomic mass is 9.92. The Bertz CT molecular complexity index is 602. The summed E-state index contributed by atoms with van der Waals surface area (Å²) in [6, 6.07) is 7.64. The van der Waals surface area contributed by atoms with Gasteiger partial charge >= 0.3 is 11.9 Å². The Hall–Kier alpha value is -2.43. The third-order valence-electron chi connectivity index (χ3n) is 4.01. The average Bonchev–Trinajstić information content (AvgIpc) is 2.59. The Labute approximate surface area is 154 Å². The van der Waals surface area contributed by atoms with E-state index in [-0.39, 0.29) is 0 Å². The van der Waals surface area contributed by atoms with Gasteiger partial charge in [0.25, 0.3) is 0 Å². The topological polar surface area (TPSA) is 91.4 Å². The molecule has 1 aromatic rings. The van der Waals surface area contributed by atoms with Gasteiger partial charge in [-0.05, 0) is 23.8 Å². The van der Waals surface area contributed by atoms with Crippen molar-refractivity contribution in [2.45, 2.75) is 26.9 Å². The molecule has 0 amide bonds. The number of rotatable bonds is 5. The molecule has 1 saturated heterocycles. The summed E-state index contributed by atoms with van der Waals surface area (Å²) >= 11 is 0. The third kappa shape index (κ3) is 8.60. The van der Waals surface area contributed by atoms with Crippen LogP contribution in [0.4, 0.5) is 5.69 Å². The van der Waals surface area contributed by atoms with Gasteiger partial charge < -0.3 is 19.8 Å². The van der Waals surface area contributed by atoms with Gasteiger partial charge in [-0.25, -0.2) is 14.4 Å². The smallest absolute Gasteiger partial charge is 0.414 e. The van der Waals surface area contributed by atoms with E-state index in [2.05, 4.69) is 23.6 Å². The molecule has 142 valence electrons. The van der Waals surface area contributed by atoms with Crippen LogP contribution in [0.2, 0.25) is 0 Å². The highest BCUT2D eigenvalue weighted by molar-refractivity contribution is 6.27. The van der Waals surface area contributed by atoms with E-state index < -0.39 is 11.9 Å². The van der Waals surface area contributed by atoms with Gasteiger partial charge in [0.05, 0.1) is 19.8 Å². The first kappa shape index (κ1) is 21.6. The molecule has 0 radical (unpaired) electrons. The number of hydrogen-bond donors (Lipinski definition) is 2. The van der Waals surface area contributed by atoms with E-state index in [1.54, 1.807) is 0 Å². The minimum Gasteiger partial charge on any atom is -0.473 e. The summed E-state index contributed by atoms with van der Waals surface area (Å²) in [5.74, 6) is -2.04. The monoisotopic (exact) mass is 362 g/mol. The number of nitrogens with zero attached hydrogens (tertiary/aromatic N) is 2. The van der Waals surface area contributed by atoms with Gasteiger partial charge in [-0.1, -0.05) is 38.1 Å². The van der Waals surface area contributed by atoms with Crippen molar-refractivity contribution >= 4 is 17.6 Å². The molecular formula is C19H26N2O5. The minimum absolute atomic E-state index is 0.636. The van der Waals surface area contributed by atoms with Gasteiger partial charge in [-0.3, -0.25) is 0 Å². The molecule has 1 fully saturated rings. The van der Waals surface area contributed by atoms with Crippen LogP contribution < -0.4 is 0 Å². The Morgan fingerprint density at radius 2 is 1.69 bits per heavy atom. The highest BCUT2D eigenvalue weighted by Gasteiger charge is 2.21. The standard InChI is InChI=1S/C17H24N2O.C2H2O4/c1-14-10-15(2)12-19(11-14)8-9-20-13-16-4-6-17(18-3)7-5-16;3-1(4)2(5)6/h4-7,14-15H,8-13H2,1-2H3;(H,3,4)(H,5,6). The molecule has 0 aliphatic carbocycles. The van der Waals surface area contributed by atoms with Crippen LogP contribution >= 0.6 is 0 Å². The molecule has 2 rings (SSSR count). The van der Waals surface area contributed by atoms with Crippen molar-refractivity contribution in [2.75, 3.05) is 26.2 Å². The number of aliphatic carboxylic acids is 2. The summed E-state index contributed by atoms with van der Waals surface area (Å²) < 4.78 is 5.75. The number of piperidine rings is 1. The van der Waals surface area contributed by atoms with E-state index in [0.29, 0.717) is 12.3 Å².